The third-order valence-corrected chi connectivity index (χ3v) is 3.24. The number of hydrogen-bond acceptors (Lipinski definition) is 1. The van der Waals surface area contributed by atoms with Crippen LogP contribution in [-0.4, -0.2) is 23.9 Å². The second kappa shape index (κ2) is 5.41. The predicted octanol–water partition coefficient (Wildman–Crippen LogP) is 2.38. The molecule has 0 aliphatic heterocycles. The molecule has 2 atom stereocenters. The van der Waals surface area contributed by atoms with Crippen LogP contribution in [0.2, 0.25) is 0 Å². The molecule has 0 aromatic carbocycles. The van der Waals surface area contributed by atoms with E-state index in [-0.39, 0.29) is 5.91 Å². The van der Waals surface area contributed by atoms with Gasteiger partial charge < -0.3 is 4.90 Å². The van der Waals surface area contributed by atoms with E-state index in [9.17, 15) is 4.79 Å². The standard InChI is InChI=1S/C11H16BrNO/c1-9-5-3-4-6-10(9)13(2)11(14)7-8-12/h9-10H,3-6H2,1-2H3. The number of amides is 1. The van der Waals surface area contributed by atoms with Crippen LogP contribution in [-0.2, 0) is 4.79 Å². The van der Waals surface area contributed by atoms with E-state index in [0.29, 0.717) is 12.0 Å². The lowest BCUT2D eigenvalue weighted by Gasteiger charge is -2.35. The van der Waals surface area contributed by atoms with E-state index in [2.05, 4.69) is 33.6 Å². The lowest BCUT2D eigenvalue weighted by Crippen LogP contribution is -2.42. The van der Waals surface area contributed by atoms with Crippen LogP contribution in [0.1, 0.15) is 32.6 Å². The van der Waals surface area contributed by atoms with Gasteiger partial charge in [-0.2, -0.15) is 0 Å². The number of carbonyl (C=O) groups excluding carboxylic acids is 1. The van der Waals surface area contributed by atoms with Crippen molar-refractivity contribution in [3.05, 3.63) is 0 Å². The second-order valence-electron chi connectivity index (χ2n) is 3.96. The number of halogens is 1. The highest BCUT2D eigenvalue weighted by Crippen LogP contribution is 2.27. The van der Waals surface area contributed by atoms with Gasteiger partial charge in [-0.05, 0) is 23.6 Å². The largest absolute Gasteiger partial charge is 0.332 e. The maximum Gasteiger partial charge on any atom is 0.299 e. The first-order valence-corrected chi connectivity index (χ1v) is 5.84. The van der Waals surface area contributed by atoms with Crippen LogP contribution >= 0.6 is 15.9 Å². The maximum atomic E-state index is 11.5. The SMILES string of the molecule is CC1CCCCC1N(C)C(=O)C#CBr. The highest BCUT2D eigenvalue weighted by molar-refractivity contribution is 9.12. The Morgan fingerprint density at radius 2 is 2.07 bits per heavy atom. The fourth-order valence-corrected chi connectivity index (χ4v) is 2.32. The number of nitrogens with zero attached hydrogens (tertiary/aromatic N) is 1. The summed E-state index contributed by atoms with van der Waals surface area (Å²) in [5.74, 6) is 3.04. The van der Waals surface area contributed by atoms with Gasteiger partial charge in [0.2, 0.25) is 0 Å². The normalized spacial score (nSPS) is 26.2. The lowest BCUT2D eigenvalue weighted by molar-refractivity contribution is -0.127. The molecule has 1 aliphatic rings. The zero-order valence-corrected chi connectivity index (χ0v) is 10.3. The molecule has 0 bridgehead atoms. The third-order valence-electron chi connectivity index (χ3n) is 3.04. The molecule has 1 saturated carbocycles. The van der Waals surface area contributed by atoms with E-state index >= 15 is 0 Å². The molecule has 0 saturated heterocycles. The van der Waals surface area contributed by atoms with Crippen LogP contribution in [0, 0.1) is 16.7 Å². The van der Waals surface area contributed by atoms with Gasteiger partial charge in [0.15, 0.2) is 0 Å². The highest BCUT2D eigenvalue weighted by Gasteiger charge is 2.26. The van der Waals surface area contributed by atoms with Crippen LogP contribution in [0.3, 0.4) is 0 Å². The molecule has 0 aromatic heterocycles. The monoisotopic (exact) mass is 257 g/mol. The Hall–Kier alpha value is -0.490. The Balaban J connectivity index is 2.60. The summed E-state index contributed by atoms with van der Waals surface area (Å²) in [5.41, 5.74) is 0. The van der Waals surface area contributed by atoms with Crippen molar-refractivity contribution in [1.29, 1.82) is 0 Å². The minimum atomic E-state index is -0.0828. The van der Waals surface area contributed by atoms with Crippen molar-refractivity contribution < 1.29 is 4.79 Å². The van der Waals surface area contributed by atoms with Crippen molar-refractivity contribution >= 4 is 21.8 Å². The Labute approximate surface area is 94.2 Å². The number of hydrogen-bond donors (Lipinski definition) is 0. The summed E-state index contributed by atoms with van der Waals surface area (Å²) in [6, 6.07) is 0.379. The first-order chi connectivity index (χ1) is 6.66. The third kappa shape index (κ3) is 2.75. The molecular formula is C11H16BrNO. The first-order valence-electron chi connectivity index (χ1n) is 5.05. The lowest BCUT2D eigenvalue weighted by atomic mass is 9.85. The molecular weight excluding hydrogens is 242 g/mol. The van der Waals surface area contributed by atoms with Gasteiger partial charge in [0, 0.05) is 34.9 Å². The zero-order valence-electron chi connectivity index (χ0n) is 8.72. The minimum absolute atomic E-state index is 0.0828. The smallest absolute Gasteiger partial charge is 0.299 e. The summed E-state index contributed by atoms with van der Waals surface area (Å²) >= 11 is 2.95. The molecule has 3 heteroatoms. The second-order valence-corrected chi connectivity index (χ2v) is 4.36. The Morgan fingerprint density at radius 3 is 2.64 bits per heavy atom. The summed E-state index contributed by atoms with van der Waals surface area (Å²) in [6.07, 6.45) is 4.87. The van der Waals surface area contributed by atoms with Crippen LogP contribution in [0.4, 0.5) is 0 Å². The van der Waals surface area contributed by atoms with E-state index in [1.165, 1.54) is 19.3 Å². The van der Waals surface area contributed by atoms with E-state index in [1.807, 2.05) is 7.05 Å². The van der Waals surface area contributed by atoms with Crippen LogP contribution in [0.15, 0.2) is 0 Å². The van der Waals surface area contributed by atoms with Gasteiger partial charge in [0.25, 0.3) is 5.91 Å². The van der Waals surface area contributed by atoms with E-state index in [0.717, 1.165) is 6.42 Å². The molecule has 2 unspecified atom stereocenters. The molecule has 2 nitrogen and oxygen atoms in total. The van der Waals surface area contributed by atoms with E-state index < -0.39 is 0 Å². The van der Waals surface area contributed by atoms with Crippen molar-refractivity contribution in [1.82, 2.24) is 4.90 Å². The average molecular weight is 258 g/mol. The predicted molar refractivity (Wildman–Crippen MR) is 60.9 cm³/mol. The van der Waals surface area contributed by atoms with Gasteiger partial charge in [-0.1, -0.05) is 19.8 Å². The van der Waals surface area contributed by atoms with E-state index in [1.54, 1.807) is 4.90 Å². The van der Waals surface area contributed by atoms with E-state index in [4.69, 9.17) is 0 Å². The number of rotatable bonds is 1. The minimum Gasteiger partial charge on any atom is -0.332 e. The van der Waals surface area contributed by atoms with Crippen LogP contribution < -0.4 is 0 Å². The van der Waals surface area contributed by atoms with Gasteiger partial charge in [0.1, 0.15) is 0 Å². The summed E-state index contributed by atoms with van der Waals surface area (Å²) < 4.78 is 0. The average Bonchev–Trinajstić information content (AvgIpc) is 2.18. The quantitative estimate of drug-likeness (QED) is 0.661. The van der Waals surface area contributed by atoms with Crippen molar-refractivity contribution in [2.24, 2.45) is 5.92 Å². The zero-order chi connectivity index (χ0) is 10.6. The van der Waals surface area contributed by atoms with Gasteiger partial charge in [-0.25, -0.2) is 0 Å². The van der Waals surface area contributed by atoms with Gasteiger partial charge in [0.05, 0.1) is 0 Å². The first kappa shape index (κ1) is 11.6. The Morgan fingerprint density at radius 1 is 1.43 bits per heavy atom. The molecule has 78 valence electrons. The Bertz CT molecular complexity index is 266. The van der Waals surface area contributed by atoms with Crippen molar-refractivity contribution in [3.63, 3.8) is 0 Å². The molecule has 0 spiro atoms. The highest BCUT2D eigenvalue weighted by atomic mass is 79.9. The summed E-state index contributed by atoms with van der Waals surface area (Å²) in [7, 11) is 1.85. The molecule has 0 radical (unpaired) electrons. The fraction of sp³-hybridized carbons (Fsp3) is 0.727. The molecule has 0 heterocycles. The Kier molecular flexibility index (Phi) is 4.47. The topological polar surface area (TPSA) is 20.3 Å². The molecule has 1 fully saturated rings. The summed E-state index contributed by atoms with van der Waals surface area (Å²) in [6.45, 7) is 2.22. The summed E-state index contributed by atoms with van der Waals surface area (Å²) in [4.78, 5) is 15.8. The maximum absolute atomic E-state index is 11.5. The van der Waals surface area contributed by atoms with Crippen LogP contribution in [0.5, 0.6) is 0 Å². The fourth-order valence-electron chi connectivity index (χ4n) is 2.15. The molecule has 1 amide bonds. The summed E-state index contributed by atoms with van der Waals surface area (Å²) in [5, 5.41) is 0. The molecule has 14 heavy (non-hydrogen) atoms. The van der Waals surface area contributed by atoms with Gasteiger partial charge in [-0.3, -0.25) is 4.79 Å². The molecule has 0 N–H and O–H groups in total. The molecule has 1 aliphatic carbocycles. The molecule has 1 rings (SSSR count). The van der Waals surface area contributed by atoms with Gasteiger partial charge in [-0.15, -0.1) is 0 Å². The number of carbonyl (C=O) groups is 1. The molecule has 0 aromatic rings. The van der Waals surface area contributed by atoms with Crippen LogP contribution in [0.25, 0.3) is 0 Å². The van der Waals surface area contributed by atoms with Crippen molar-refractivity contribution in [2.75, 3.05) is 7.05 Å². The van der Waals surface area contributed by atoms with Crippen molar-refractivity contribution in [3.8, 4) is 10.8 Å². The van der Waals surface area contributed by atoms with Gasteiger partial charge >= 0.3 is 0 Å². The van der Waals surface area contributed by atoms with Crippen molar-refractivity contribution in [2.45, 2.75) is 38.6 Å².